The van der Waals surface area contributed by atoms with Crippen molar-refractivity contribution in [3.8, 4) is 0 Å². The molecule has 1 saturated heterocycles. The van der Waals surface area contributed by atoms with Crippen molar-refractivity contribution in [3.63, 3.8) is 0 Å². The summed E-state index contributed by atoms with van der Waals surface area (Å²) in [5, 5.41) is 0. The van der Waals surface area contributed by atoms with Gasteiger partial charge in [0.25, 0.3) is 0 Å². The van der Waals surface area contributed by atoms with Crippen LogP contribution in [0.3, 0.4) is 0 Å². The van der Waals surface area contributed by atoms with Crippen molar-refractivity contribution < 1.29 is 9.13 Å². The fraction of sp³-hybridized carbons (Fsp3) is 0.818. The Balaban J connectivity index is 2.73. The SMILES string of the molecule is C=C(C)[C@]1(F)COCCN(C(C)C)C1. The molecule has 0 bridgehead atoms. The number of alkyl halides is 1. The molecule has 1 aliphatic rings. The van der Waals surface area contributed by atoms with E-state index in [0.717, 1.165) is 6.54 Å². The van der Waals surface area contributed by atoms with Crippen molar-refractivity contribution in [3.05, 3.63) is 12.2 Å². The molecule has 1 heterocycles. The van der Waals surface area contributed by atoms with Crippen molar-refractivity contribution in [2.45, 2.75) is 32.5 Å². The fourth-order valence-corrected chi connectivity index (χ4v) is 1.56. The van der Waals surface area contributed by atoms with Gasteiger partial charge in [0.15, 0.2) is 5.67 Å². The van der Waals surface area contributed by atoms with E-state index in [0.29, 0.717) is 24.8 Å². The average molecular weight is 201 g/mol. The third-order valence-electron chi connectivity index (χ3n) is 2.80. The Morgan fingerprint density at radius 1 is 1.57 bits per heavy atom. The summed E-state index contributed by atoms with van der Waals surface area (Å²) in [5.74, 6) is 0. The van der Waals surface area contributed by atoms with E-state index in [1.54, 1.807) is 6.92 Å². The lowest BCUT2D eigenvalue weighted by Crippen LogP contribution is -2.44. The summed E-state index contributed by atoms with van der Waals surface area (Å²) in [6, 6.07) is 0.353. The van der Waals surface area contributed by atoms with Gasteiger partial charge in [-0.2, -0.15) is 0 Å². The third-order valence-corrected chi connectivity index (χ3v) is 2.80. The second-order valence-electron chi connectivity index (χ2n) is 4.36. The molecule has 0 aromatic heterocycles. The van der Waals surface area contributed by atoms with Crippen LogP contribution in [0.1, 0.15) is 20.8 Å². The Labute approximate surface area is 85.7 Å². The van der Waals surface area contributed by atoms with E-state index in [4.69, 9.17) is 4.74 Å². The summed E-state index contributed by atoms with van der Waals surface area (Å²) in [6.07, 6.45) is 0. The minimum atomic E-state index is -1.37. The third kappa shape index (κ3) is 2.55. The molecule has 0 aromatic carbocycles. The highest BCUT2D eigenvalue weighted by Gasteiger charge is 2.36. The highest BCUT2D eigenvalue weighted by atomic mass is 19.1. The van der Waals surface area contributed by atoms with E-state index in [2.05, 4.69) is 25.3 Å². The zero-order valence-electron chi connectivity index (χ0n) is 9.35. The maximum Gasteiger partial charge on any atom is 0.167 e. The highest BCUT2D eigenvalue weighted by molar-refractivity contribution is 5.12. The van der Waals surface area contributed by atoms with Crippen molar-refractivity contribution in [2.75, 3.05) is 26.3 Å². The molecule has 1 rings (SSSR count). The van der Waals surface area contributed by atoms with E-state index in [1.807, 2.05) is 0 Å². The van der Waals surface area contributed by atoms with Crippen LogP contribution in [0.5, 0.6) is 0 Å². The van der Waals surface area contributed by atoms with E-state index < -0.39 is 5.67 Å². The second-order valence-corrected chi connectivity index (χ2v) is 4.36. The average Bonchev–Trinajstić information content (AvgIpc) is 2.28. The van der Waals surface area contributed by atoms with Crippen LogP contribution in [0.4, 0.5) is 4.39 Å². The predicted octanol–water partition coefficient (Wildman–Crippen LogP) is 2.01. The topological polar surface area (TPSA) is 12.5 Å². The van der Waals surface area contributed by atoms with Crippen molar-refractivity contribution in [1.29, 1.82) is 0 Å². The summed E-state index contributed by atoms with van der Waals surface area (Å²) >= 11 is 0. The molecular weight excluding hydrogens is 181 g/mol. The van der Waals surface area contributed by atoms with Crippen LogP contribution in [0.15, 0.2) is 12.2 Å². The molecule has 0 aromatic rings. The molecule has 0 N–H and O–H groups in total. The number of hydrogen-bond donors (Lipinski definition) is 0. The summed E-state index contributed by atoms with van der Waals surface area (Å²) in [4.78, 5) is 2.10. The molecule has 0 spiro atoms. The molecule has 1 aliphatic heterocycles. The normalized spacial score (nSPS) is 30.4. The molecule has 0 saturated carbocycles. The molecule has 14 heavy (non-hydrogen) atoms. The van der Waals surface area contributed by atoms with Gasteiger partial charge in [0, 0.05) is 19.1 Å². The quantitative estimate of drug-likeness (QED) is 0.634. The standard InChI is InChI=1S/C11H20FNO/c1-9(2)11(12)7-13(10(3)4)5-6-14-8-11/h10H,1,5-8H2,2-4H3/t11-/m1/s1. The van der Waals surface area contributed by atoms with Gasteiger partial charge < -0.3 is 4.74 Å². The first-order chi connectivity index (χ1) is 6.46. The van der Waals surface area contributed by atoms with Gasteiger partial charge in [-0.1, -0.05) is 6.58 Å². The number of rotatable bonds is 2. The van der Waals surface area contributed by atoms with Gasteiger partial charge in [-0.05, 0) is 26.3 Å². The molecule has 3 heteroatoms. The molecular formula is C11H20FNO. The lowest BCUT2D eigenvalue weighted by molar-refractivity contribution is 0.0566. The largest absolute Gasteiger partial charge is 0.376 e. The van der Waals surface area contributed by atoms with E-state index in [-0.39, 0.29) is 6.61 Å². The maximum absolute atomic E-state index is 14.3. The van der Waals surface area contributed by atoms with Gasteiger partial charge in [-0.15, -0.1) is 0 Å². The number of hydrogen-bond acceptors (Lipinski definition) is 2. The van der Waals surface area contributed by atoms with Crippen LogP contribution >= 0.6 is 0 Å². The molecule has 0 radical (unpaired) electrons. The van der Waals surface area contributed by atoms with Crippen LogP contribution in [-0.2, 0) is 4.74 Å². The van der Waals surface area contributed by atoms with Crippen molar-refractivity contribution in [1.82, 2.24) is 4.90 Å². The Kier molecular flexibility index (Phi) is 3.67. The van der Waals surface area contributed by atoms with Gasteiger partial charge in [0.2, 0.25) is 0 Å². The lowest BCUT2D eigenvalue weighted by Gasteiger charge is -2.31. The van der Waals surface area contributed by atoms with Crippen LogP contribution in [0.25, 0.3) is 0 Å². The zero-order valence-corrected chi connectivity index (χ0v) is 9.35. The van der Waals surface area contributed by atoms with Gasteiger partial charge >= 0.3 is 0 Å². The minimum Gasteiger partial charge on any atom is -0.376 e. The summed E-state index contributed by atoms with van der Waals surface area (Å²) in [7, 11) is 0. The first-order valence-corrected chi connectivity index (χ1v) is 5.12. The van der Waals surface area contributed by atoms with Crippen LogP contribution in [0, 0.1) is 0 Å². The zero-order chi connectivity index (χ0) is 10.8. The molecule has 0 amide bonds. The smallest absolute Gasteiger partial charge is 0.167 e. The van der Waals surface area contributed by atoms with Crippen LogP contribution in [-0.4, -0.2) is 42.9 Å². The Morgan fingerprint density at radius 2 is 2.21 bits per heavy atom. The summed E-state index contributed by atoms with van der Waals surface area (Å²) in [6.45, 7) is 11.5. The molecule has 0 unspecified atom stereocenters. The second kappa shape index (κ2) is 4.41. The Morgan fingerprint density at radius 3 is 2.71 bits per heavy atom. The van der Waals surface area contributed by atoms with Gasteiger partial charge in [0.1, 0.15) is 0 Å². The Hall–Kier alpha value is -0.410. The van der Waals surface area contributed by atoms with Crippen molar-refractivity contribution >= 4 is 0 Å². The van der Waals surface area contributed by atoms with E-state index in [9.17, 15) is 4.39 Å². The first kappa shape index (κ1) is 11.7. The van der Waals surface area contributed by atoms with Crippen molar-refractivity contribution in [2.24, 2.45) is 0 Å². The van der Waals surface area contributed by atoms with Crippen LogP contribution < -0.4 is 0 Å². The molecule has 0 aliphatic carbocycles. The van der Waals surface area contributed by atoms with E-state index >= 15 is 0 Å². The fourth-order valence-electron chi connectivity index (χ4n) is 1.56. The summed E-state index contributed by atoms with van der Waals surface area (Å²) < 4.78 is 19.6. The molecule has 1 fully saturated rings. The van der Waals surface area contributed by atoms with Crippen LogP contribution in [0.2, 0.25) is 0 Å². The number of nitrogens with zero attached hydrogens (tertiary/aromatic N) is 1. The highest BCUT2D eigenvalue weighted by Crippen LogP contribution is 2.25. The number of halogens is 1. The van der Waals surface area contributed by atoms with E-state index in [1.165, 1.54) is 0 Å². The molecule has 1 atom stereocenters. The number of ether oxygens (including phenoxy) is 1. The molecule has 82 valence electrons. The lowest BCUT2D eigenvalue weighted by atomic mass is 9.98. The predicted molar refractivity (Wildman–Crippen MR) is 56.2 cm³/mol. The molecule has 2 nitrogen and oxygen atoms in total. The monoisotopic (exact) mass is 201 g/mol. The van der Waals surface area contributed by atoms with Gasteiger partial charge in [-0.3, -0.25) is 4.90 Å². The Bertz CT molecular complexity index is 217. The minimum absolute atomic E-state index is 0.144. The first-order valence-electron chi connectivity index (χ1n) is 5.12. The summed E-state index contributed by atoms with van der Waals surface area (Å²) in [5.41, 5.74) is -0.814. The maximum atomic E-state index is 14.3. The van der Waals surface area contributed by atoms with Gasteiger partial charge in [-0.25, -0.2) is 4.39 Å². The van der Waals surface area contributed by atoms with Gasteiger partial charge in [0.05, 0.1) is 13.2 Å².